The first-order valence-electron chi connectivity index (χ1n) is 7.65. The number of carbonyl (C=O) groups is 1. The lowest BCUT2D eigenvalue weighted by Crippen LogP contribution is -2.10. The van der Waals surface area contributed by atoms with Crippen molar-refractivity contribution < 1.29 is 9.18 Å². The third kappa shape index (κ3) is 4.58. The lowest BCUT2D eigenvalue weighted by molar-refractivity contribution is 0.103. The number of halogens is 1. The molecule has 0 aliphatic carbocycles. The van der Waals surface area contributed by atoms with E-state index in [0.29, 0.717) is 16.3 Å². The lowest BCUT2D eigenvalue weighted by atomic mass is 10.2. The monoisotopic (exact) mass is 373 g/mol. The number of carbonyl (C=O) groups excluding carboxylic acids is 1. The van der Waals surface area contributed by atoms with E-state index in [9.17, 15) is 9.18 Å². The second-order valence-corrected chi connectivity index (χ2v) is 7.11. The highest BCUT2D eigenvalue weighted by Gasteiger charge is 2.12. The third-order valence-corrected chi connectivity index (χ3v) is 4.87. The van der Waals surface area contributed by atoms with E-state index in [1.165, 1.54) is 35.4 Å². The number of aromatic nitrogens is 1. The Labute approximate surface area is 153 Å². The van der Waals surface area contributed by atoms with Crippen molar-refractivity contribution in [3.8, 4) is 11.3 Å². The van der Waals surface area contributed by atoms with Gasteiger partial charge in [0, 0.05) is 34.3 Å². The van der Waals surface area contributed by atoms with E-state index in [2.05, 4.69) is 15.0 Å². The Morgan fingerprint density at radius 2 is 2.08 bits per heavy atom. The molecule has 0 unspecified atom stereocenters. The van der Waals surface area contributed by atoms with E-state index in [0.717, 1.165) is 17.0 Å². The number of amides is 1. The Hall–Kier alpha value is -2.38. The molecule has 0 fully saturated rings. The predicted molar refractivity (Wildman–Crippen MR) is 104 cm³/mol. The summed E-state index contributed by atoms with van der Waals surface area (Å²) in [6.45, 7) is 2.00. The van der Waals surface area contributed by atoms with Gasteiger partial charge in [-0.25, -0.2) is 4.39 Å². The molecule has 7 heteroatoms. The maximum Gasteiger partial charge on any atom is 0.265 e. The topological polar surface area (TPSA) is 54.0 Å². The molecular formula is C18H16FN3OS2. The van der Waals surface area contributed by atoms with Gasteiger partial charge in [-0.2, -0.15) is 0 Å². The van der Waals surface area contributed by atoms with Crippen molar-refractivity contribution in [3.63, 3.8) is 0 Å². The van der Waals surface area contributed by atoms with Crippen LogP contribution in [0.4, 0.5) is 15.8 Å². The van der Waals surface area contributed by atoms with Crippen molar-refractivity contribution in [1.29, 1.82) is 0 Å². The Morgan fingerprint density at radius 3 is 2.84 bits per heavy atom. The first-order chi connectivity index (χ1) is 12.2. The molecule has 0 saturated heterocycles. The third-order valence-electron chi connectivity index (χ3n) is 3.27. The highest BCUT2D eigenvalue weighted by atomic mass is 32.2. The van der Waals surface area contributed by atoms with Crippen LogP contribution in [-0.2, 0) is 0 Å². The van der Waals surface area contributed by atoms with E-state index in [1.807, 2.05) is 30.5 Å². The molecule has 0 aliphatic rings. The van der Waals surface area contributed by atoms with Crippen LogP contribution in [-0.4, -0.2) is 16.6 Å². The van der Waals surface area contributed by atoms with Crippen LogP contribution < -0.4 is 10.0 Å². The van der Waals surface area contributed by atoms with Gasteiger partial charge < -0.3 is 10.0 Å². The number of anilines is 2. The highest BCUT2D eigenvalue weighted by Crippen LogP contribution is 2.26. The number of nitrogens with one attached hydrogen (secondary N) is 2. The summed E-state index contributed by atoms with van der Waals surface area (Å²) < 4.78 is 16.8. The van der Waals surface area contributed by atoms with Gasteiger partial charge in [0.2, 0.25) is 0 Å². The molecule has 128 valence electrons. The molecule has 2 N–H and O–H groups in total. The van der Waals surface area contributed by atoms with Crippen molar-refractivity contribution in [1.82, 2.24) is 4.98 Å². The van der Waals surface area contributed by atoms with Crippen molar-refractivity contribution >= 4 is 40.6 Å². The number of hydrogen-bond acceptors (Lipinski definition) is 5. The van der Waals surface area contributed by atoms with Crippen LogP contribution in [0, 0.1) is 5.82 Å². The minimum absolute atomic E-state index is 0.271. The molecule has 2 heterocycles. The summed E-state index contributed by atoms with van der Waals surface area (Å²) in [5.41, 5.74) is 2.72. The Bertz CT molecular complexity index is 868. The molecule has 0 saturated carbocycles. The van der Waals surface area contributed by atoms with Crippen LogP contribution >= 0.6 is 23.3 Å². The first-order valence-corrected chi connectivity index (χ1v) is 9.52. The normalized spacial score (nSPS) is 10.5. The summed E-state index contributed by atoms with van der Waals surface area (Å²) in [5.74, 6) is 0.174. The molecular weight excluding hydrogens is 357 g/mol. The molecule has 25 heavy (non-hydrogen) atoms. The van der Waals surface area contributed by atoms with Gasteiger partial charge in [0.05, 0.1) is 10.6 Å². The van der Waals surface area contributed by atoms with Gasteiger partial charge in [-0.1, -0.05) is 24.9 Å². The standard InChI is InChI=1S/C18H16FN3OS2/c1-2-25-22-15-9-13(19)8-14(10-15)21-18(23)17-7-12(11-24-17)16-5-3-4-6-20-16/h3-11,22H,2H2,1H3,(H,21,23). The zero-order valence-corrected chi connectivity index (χ0v) is 15.1. The largest absolute Gasteiger partial charge is 0.330 e. The van der Waals surface area contributed by atoms with Gasteiger partial charge in [0.1, 0.15) is 5.82 Å². The van der Waals surface area contributed by atoms with Crippen LogP contribution in [0.1, 0.15) is 16.6 Å². The first kappa shape index (κ1) is 17.4. The molecule has 3 rings (SSSR count). The molecule has 4 nitrogen and oxygen atoms in total. The van der Waals surface area contributed by atoms with Gasteiger partial charge in [-0.05, 0) is 36.4 Å². The number of benzene rings is 1. The molecule has 2 aromatic heterocycles. The Kier molecular flexibility index (Phi) is 5.67. The van der Waals surface area contributed by atoms with Crippen LogP contribution in [0.2, 0.25) is 0 Å². The smallest absolute Gasteiger partial charge is 0.265 e. The van der Waals surface area contributed by atoms with Crippen LogP contribution in [0.25, 0.3) is 11.3 Å². The van der Waals surface area contributed by atoms with Gasteiger partial charge in [-0.3, -0.25) is 9.78 Å². The van der Waals surface area contributed by atoms with Gasteiger partial charge in [-0.15, -0.1) is 11.3 Å². The zero-order valence-electron chi connectivity index (χ0n) is 13.5. The minimum Gasteiger partial charge on any atom is -0.330 e. The summed E-state index contributed by atoms with van der Waals surface area (Å²) in [5, 5.41) is 4.63. The molecule has 0 bridgehead atoms. The summed E-state index contributed by atoms with van der Waals surface area (Å²) in [6.07, 6.45) is 1.71. The number of thiophene rings is 1. The van der Waals surface area contributed by atoms with Crippen LogP contribution in [0.3, 0.4) is 0 Å². The molecule has 0 aliphatic heterocycles. The number of hydrogen-bond donors (Lipinski definition) is 2. The molecule has 1 amide bonds. The van der Waals surface area contributed by atoms with E-state index >= 15 is 0 Å². The molecule has 0 radical (unpaired) electrons. The number of rotatable bonds is 6. The number of nitrogens with zero attached hydrogens (tertiary/aromatic N) is 1. The average Bonchev–Trinajstić information content (AvgIpc) is 3.10. The maximum atomic E-state index is 13.7. The fourth-order valence-corrected chi connectivity index (χ4v) is 3.42. The fourth-order valence-electron chi connectivity index (χ4n) is 2.19. The lowest BCUT2D eigenvalue weighted by Gasteiger charge is -2.08. The highest BCUT2D eigenvalue weighted by molar-refractivity contribution is 8.00. The molecule has 0 atom stereocenters. The molecule has 3 aromatic rings. The van der Waals surface area contributed by atoms with Gasteiger partial charge >= 0.3 is 0 Å². The van der Waals surface area contributed by atoms with E-state index in [4.69, 9.17) is 0 Å². The van der Waals surface area contributed by atoms with Gasteiger partial charge in [0.15, 0.2) is 0 Å². The van der Waals surface area contributed by atoms with Crippen LogP contribution in [0.15, 0.2) is 54.0 Å². The second-order valence-electron chi connectivity index (χ2n) is 5.13. The molecule has 0 spiro atoms. The minimum atomic E-state index is -0.405. The fraction of sp³-hybridized carbons (Fsp3) is 0.111. The summed E-state index contributed by atoms with van der Waals surface area (Å²) in [6, 6.07) is 11.8. The van der Waals surface area contributed by atoms with Crippen molar-refractivity contribution in [2.45, 2.75) is 6.92 Å². The summed E-state index contributed by atoms with van der Waals surface area (Å²) in [7, 11) is 0. The maximum absolute atomic E-state index is 13.7. The van der Waals surface area contributed by atoms with Crippen molar-refractivity contribution in [2.24, 2.45) is 0 Å². The number of pyridine rings is 1. The average molecular weight is 373 g/mol. The van der Waals surface area contributed by atoms with Crippen molar-refractivity contribution in [2.75, 3.05) is 15.8 Å². The predicted octanol–water partition coefficient (Wildman–Crippen LogP) is 5.28. The summed E-state index contributed by atoms with van der Waals surface area (Å²) >= 11 is 2.79. The van der Waals surface area contributed by atoms with Gasteiger partial charge in [0.25, 0.3) is 5.91 Å². The van der Waals surface area contributed by atoms with E-state index in [-0.39, 0.29) is 5.91 Å². The molecule has 1 aromatic carbocycles. The Balaban J connectivity index is 1.74. The quantitative estimate of drug-likeness (QED) is 0.577. The zero-order chi connectivity index (χ0) is 17.6. The SMILES string of the molecule is CCSNc1cc(F)cc(NC(=O)c2cc(-c3ccccn3)cs2)c1. The second kappa shape index (κ2) is 8.13. The Morgan fingerprint density at radius 1 is 1.24 bits per heavy atom. The van der Waals surface area contributed by atoms with E-state index in [1.54, 1.807) is 18.3 Å². The van der Waals surface area contributed by atoms with E-state index < -0.39 is 5.82 Å². The van der Waals surface area contributed by atoms with Crippen molar-refractivity contribution in [3.05, 3.63) is 64.7 Å². The summed E-state index contributed by atoms with van der Waals surface area (Å²) in [4.78, 5) is 17.2. The van der Waals surface area contributed by atoms with Crippen LogP contribution in [0.5, 0.6) is 0 Å².